The molecular formula is C14H21N3O. The van der Waals surface area contributed by atoms with Gasteiger partial charge in [0.15, 0.2) is 0 Å². The lowest BCUT2D eigenvalue weighted by molar-refractivity contribution is 0.0734. The third kappa shape index (κ3) is 2.11. The Hall–Kier alpha value is -1.45. The average molecular weight is 247 g/mol. The molecule has 1 amide bonds. The van der Waals surface area contributed by atoms with Gasteiger partial charge in [0.25, 0.3) is 5.91 Å². The van der Waals surface area contributed by atoms with Crippen molar-refractivity contribution >= 4 is 11.6 Å². The van der Waals surface area contributed by atoms with E-state index in [2.05, 4.69) is 4.57 Å². The molecule has 2 N–H and O–H groups in total. The molecular weight excluding hydrogens is 226 g/mol. The Labute approximate surface area is 108 Å². The number of nitrogens with zero attached hydrogens (tertiary/aromatic N) is 2. The highest BCUT2D eigenvalue weighted by Crippen LogP contribution is 2.37. The molecule has 2 saturated carbocycles. The van der Waals surface area contributed by atoms with Gasteiger partial charge in [0.1, 0.15) is 5.69 Å². The molecule has 0 spiro atoms. The van der Waals surface area contributed by atoms with Crippen LogP contribution in [0.5, 0.6) is 0 Å². The molecule has 1 aromatic rings. The number of rotatable bonds is 4. The van der Waals surface area contributed by atoms with Gasteiger partial charge in [0, 0.05) is 25.8 Å². The second-order valence-electron chi connectivity index (χ2n) is 5.78. The molecule has 98 valence electrons. The van der Waals surface area contributed by atoms with Crippen LogP contribution in [0.2, 0.25) is 0 Å². The van der Waals surface area contributed by atoms with E-state index in [0.717, 1.165) is 12.2 Å². The van der Waals surface area contributed by atoms with Crippen LogP contribution in [0.25, 0.3) is 0 Å². The number of hydrogen-bond donors (Lipinski definition) is 1. The molecule has 4 heteroatoms. The SMILES string of the molecule is CN(CC1CCC1)C(=O)c1cc(N)cn1C1CC1. The monoisotopic (exact) mass is 247 g/mol. The van der Waals surface area contributed by atoms with E-state index in [0.29, 0.717) is 17.6 Å². The fourth-order valence-electron chi connectivity index (χ4n) is 2.67. The van der Waals surface area contributed by atoms with Crippen LogP contribution in [0.1, 0.15) is 48.6 Å². The zero-order valence-electron chi connectivity index (χ0n) is 10.9. The zero-order chi connectivity index (χ0) is 12.7. The van der Waals surface area contributed by atoms with Gasteiger partial charge in [-0.1, -0.05) is 6.42 Å². The number of aromatic nitrogens is 1. The number of anilines is 1. The number of nitrogens with two attached hydrogens (primary N) is 1. The lowest BCUT2D eigenvalue weighted by atomic mass is 9.85. The fraction of sp³-hybridized carbons (Fsp3) is 0.643. The predicted molar refractivity (Wildman–Crippen MR) is 71.4 cm³/mol. The maximum atomic E-state index is 12.4. The zero-order valence-corrected chi connectivity index (χ0v) is 10.9. The molecule has 4 nitrogen and oxygen atoms in total. The highest BCUT2D eigenvalue weighted by atomic mass is 16.2. The van der Waals surface area contributed by atoms with E-state index in [1.165, 1.54) is 32.1 Å². The van der Waals surface area contributed by atoms with Crippen LogP contribution >= 0.6 is 0 Å². The maximum Gasteiger partial charge on any atom is 0.270 e. The Morgan fingerprint density at radius 3 is 2.72 bits per heavy atom. The normalized spacial score (nSPS) is 19.6. The van der Waals surface area contributed by atoms with Crippen molar-refractivity contribution in [1.29, 1.82) is 0 Å². The first-order valence-corrected chi connectivity index (χ1v) is 6.88. The van der Waals surface area contributed by atoms with E-state index < -0.39 is 0 Å². The number of amides is 1. The largest absolute Gasteiger partial charge is 0.397 e. The Morgan fingerprint density at radius 2 is 2.17 bits per heavy atom. The second kappa shape index (κ2) is 4.34. The summed E-state index contributed by atoms with van der Waals surface area (Å²) in [5, 5.41) is 0. The number of carbonyl (C=O) groups is 1. The van der Waals surface area contributed by atoms with E-state index in [-0.39, 0.29) is 5.91 Å². The predicted octanol–water partition coefficient (Wildman–Crippen LogP) is 2.28. The van der Waals surface area contributed by atoms with Gasteiger partial charge < -0.3 is 15.2 Å². The summed E-state index contributed by atoms with van der Waals surface area (Å²) >= 11 is 0. The van der Waals surface area contributed by atoms with E-state index in [1.807, 2.05) is 24.2 Å². The van der Waals surface area contributed by atoms with Crippen LogP contribution in [0.15, 0.2) is 12.3 Å². The summed E-state index contributed by atoms with van der Waals surface area (Å²) in [6.07, 6.45) is 8.09. The van der Waals surface area contributed by atoms with Crippen LogP contribution in [0.3, 0.4) is 0 Å². The molecule has 2 fully saturated rings. The average Bonchev–Trinajstić information content (AvgIpc) is 3.06. The lowest BCUT2D eigenvalue weighted by Gasteiger charge is -2.30. The summed E-state index contributed by atoms with van der Waals surface area (Å²) < 4.78 is 2.06. The van der Waals surface area contributed by atoms with Crippen LogP contribution in [-0.2, 0) is 0 Å². The summed E-state index contributed by atoms with van der Waals surface area (Å²) in [6.45, 7) is 0.884. The van der Waals surface area contributed by atoms with E-state index in [4.69, 9.17) is 5.73 Å². The highest BCUT2D eigenvalue weighted by Gasteiger charge is 2.29. The molecule has 18 heavy (non-hydrogen) atoms. The molecule has 1 aromatic heterocycles. The van der Waals surface area contributed by atoms with Gasteiger partial charge in [0.05, 0.1) is 5.69 Å². The molecule has 0 aromatic carbocycles. The van der Waals surface area contributed by atoms with Crippen molar-refractivity contribution in [1.82, 2.24) is 9.47 Å². The third-order valence-electron chi connectivity index (χ3n) is 4.13. The number of carbonyl (C=O) groups excluding carboxylic acids is 1. The van der Waals surface area contributed by atoms with Crippen molar-refractivity contribution in [2.24, 2.45) is 5.92 Å². The molecule has 3 rings (SSSR count). The van der Waals surface area contributed by atoms with Crippen molar-refractivity contribution in [3.05, 3.63) is 18.0 Å². The van der Waals surface area contributed by atoms with Crippen LogP contribution < -0.4 is 5.73 Å². The van der Waals surface area contributed by atoms with Gasteiger partial charge in [-0.15, -0.1) is 0 Å². The molecule has 0 aliphatic heterocycles. The topological polar surface area (TPSA) is 51.3 Å². The number of hydrogen-bond acceptors (Lipinski definition) is 2. The van der Waals surface area contributed by atoms with Gasteiger partial charge in [-0.05, 0) is 37.7 Å². The van der Waals surface area contributed by atoms with Crippen LogP contribution in [0.4, 0.5) is 5.69 Å². The maximum absolute atomic E-state index is 12.4. The third-order valence-corrected chi connectivity index (χ3v) is 4.13. The van der Waals surface area contributed by atoms with Crippen LogP contribution in [0, 0.1) is 5.92 Å². The molecule has 0 radical (unpaired) electrons. The van der Waals surface area contributed by atoms with Crippen molar-refractivity contribution in [2.75, 3.05) is 19.3 Å². The summed E-state index contributed by atoms with van der Waals surface area (Å²) in [4.78, 5) is 14.3. The first kappa shape index (κ1) is 11.6. The van der Waals surface area contributed by atoms with E-state index in [1.54, 1.807) is 0 Å². The smallest absolute Gasteiger partial charge is 0.270 e. The molecule has 0 bridgehead atoms. The van der Waals surface area contributed by atoms with Gasteiger partial charge in [0.2, 0.25) is 0 Å². The summed E-state index contributed by atoms with van der Waals surface area (Å²) in [6, 6.07) is 2.32. The summed E-state index contributed by atoms with van der Waals surface area (Å²) in [7, 11) is 1.90. The standard InChI is InChI=1S/C14H21N3O/c1-16(8-10-3-2-4-10)14(18)13-7-11(15)9-17(13)12-5-6-12/h7,9-10,12H,2-6,8,15H2,1H3. The molecule has 2 aliphatic rings. The van der Waals surface area contributed by atoms with Crippen molar-refractivity contribution in [3.63, 3.8) is 0 Å². The Bertz CT molecular complexity index is 458. The fourth-order valence-corrected chi connectivity index (χ4v) is 2.67. The van der Waals surface area contributed by atoms with Crippen molar-refractivity contribution in [3.8, 4) is 0 Å². The minimum atomic E-state index is 0.116. The first-order valence-electron chi connectivity index (χ1n) is 6.88. The minimum Gasteiger partial charge on any atom is -0.397 e. The van der Waals surface area contributed by atoms with Gasteiger partial charge in [-0.25, -0.2) is 0 Å². The van der Waals surface area contributed by atoms with Gasteiger partial charge in [-0.3, -0.25) is 4.79 Å². The molecule has 0 saturated heterocycles. The minimum absolute atomic E-state index is 0.116. The summed E-state index contributed by atoms with van der Waals surface area (Å²) in [5.41, 5.74) is 7.29. The van der Waals surface area contributed by atoms with E-state index >= 15 is 0 Å². The van der Waals surface area contributed by atoms with E-state index in [9.17, 15) is 4.79 Å². The second-order valence-corrected chi connectivity index (χ2v) is 5.78. The van der Waals surface area contributed by atoms with Crippen molar-refractivity contribution < 1.29 is 4.79 Å². The molecule has 0 unspecified atom stereocenters. The van der Waals surface area contributed by atoms with Crippen LogP contribution in [-0.4, -0.2) is 29.0 Å². The molecule has 0 atom stereocenters. The summed E-state index contributed by atoms with van der Waals surface area (Å²) in [5.74, 6) is 0.825. The lowest BCUT2D eigenvalue weighted by Crippen LogP contribution is -2.35. The van der Waals surface area contributed by atoms with Gasteiger partial charge in [-0.2, -0.15) is 0 Å². The Balaban J connectivity index is 1.73. The number of nitrogen functional groups attached to an aromatic ring is 1. The van der Waals surface area contributed by atoms with Gasteiger partial charge >= 0.3 is 0 Å². The van der Waals surface area contributed by atoms with Crippen molar-refractivity contribution in [2.45, 2.75) is 38.1 Å². The highest BCUT2D eigenvalue weighted by molar-refractivity contribution is 5.93. The first-order chi connectivity index (χ1) is 8.65. The molecule has 2 aliphatic carbocycles. The Kier molecular flexibility index (Phi) is 2.80. The Morgan fingerprint density at radius 1 is 1.44 bits per heavy atom. The quantitative estimate of drug-likeness (QED) is 0.887. The molecule has 1 heterocycles.